The number of halogens is 1. The number of alkyl halides is 1. The first kappa shape index (κ1) is 14.7. The summed E-state index contributed by atoms with van der Waals surface area (Å²) in [4.78, 5) is 14.5. The second-order valence-electron chi connectivity index (χ2n) is 5.23. The summed E-state index contributed by atoms with van der Waals surface area (Å²) < 4.78 is 5.57. The fraction of sp³-hybridized carbons (Fsp3) is 0.923. The molecule has 0 spiro atoms. The van der Waals surface area contributed by atoms with Crippen LogP contribution in [0.1, 0.15) is 32.6 Å². The molecule has 2 aliphatic rings. The number of thioether (sulfide) groups is 1. The van der Waals surface area contributed by atoms with Crippen LogP contribution < -0.4 is 0 Å². The molecule has 0 N–H and O–H groups in total. The van der Waals surface area contributed by atoms with Gasteiger partial charge in [0.25, 0.3) is 0 Å². The Labute approximate surface area is 122 Å². The van der Waals surface area contributed by atoms with Crippen LogP contribution in [-0.4, -0.2) is 52.4 Å². The summed E-state index contributed by atoms with van der Waals surface area (Å²) in [5.41, 5.74) is 0. The molecule has 2 heterocycles. The molecule has 104 valence electrons. The van der Waals surface area contributed by atoms with E-state index >= 15 is 0 Å². The van der Waals surface area contributed by atoms with Gasteiger partial charge in [-0.3, -0.25) is 4.79 Å². The molecule has 0 aliphatic carbocycles. The van der Waals surface area contributed by atoms with Crippen molar-refractivity contribution < 1.29 is 9.53 Å². The van der Waals surface area contributed by atoms with E-state index in [-0.39, 0.29) is 4.75 Å². The summed E-state index contributed by atoms with van der Waals surface area (Å²) in [7, 11) is 0. The van der Waals surface area contributed by atoms with E-state index in [9.17, 15) is 4.79 Å². The van der Waals surface area contributed by atoms with Gasteiger partial charge >= 0.3 is 0 Å². The molecule has 0 saturated carbocycles. The smallest absolute Gasteiger partial charge is 0.238 e. The second-order valence-corrected chi connectivity index (χ2v) is 7.63. The highest BCUT2D eigenvalue weighted by molar-refractivity contribution is 9.09. The highest BCUT2D eigenvalue weighted by atomic mass is 79.9. The van der Waals surface area contributed by atoms with Gasteiger partial charge in [0.1, 0.15) is 0 Å². The summed E-state index contributed by atoms with van der Waals surface area (Å²) in [5.74, 6) is 1.48. The van der Waals surface area contributed by atoms with E-state index < -0.39 is 0 Å². The number of carbonyl (C=O) groups is 1. The van der Waals surface area contributed by atoms with Gasteiger partial charge in [-0.25, -0.2) is 0 Å². The molecule has 2 fully saturated rings. The van der Waals surface area contributed by atoms with Gasteiger partial charge in [0, 0.05) is 18.4 Å². The summed E-state index contributed by atoms with van der Waals surface area (Å²) in [6, 6.07) is 0. The molecule has 2 aliphatic heterocycles. The zero-order valence-corrected chi connectivity index (χ0v) is 13.4. The Bertz CT molecular complexity index is 287. The Kier molecular flexibility index (Phi) is 5.39. The molecule has 2 saturated heterocycles. The Morgan fingerprint density at radius 3 is 2.78 bits per heavy atom. The van der Waals surface area contributed by atoms with Crippen molar-refractivity contribution >= 4 is 33.6 Å². The third-order valence-corrected chi connectivity index (χ3v) is 5.66. The van der Waals surface area contributed by atoms with Crippen LogP contribution >= 0.6 is 27.7 Å². The number of hydrogen-bond donors (Lipinski definition) is 0. The topological polar surface area (TPSA) is 29.5 Å². The van der Waals surface area contributed by atoms with Crippen molar-refractivity contribution in [2.24, 2.45) is 0 Å². The number of likely N-dealkylation sites (tertiary alicyclic amines) is 1. The number of piperidine rings is 1. The molecule has 2 rings (SSSR count). The van der Waals surface area contributed by atoms with Crippen molar-refractivity contribution in [3.63, 3.8) is 0 Å². The van der Waals surface area contributed by atoms with Crippen LogP contribution in [0.4, 0.5) is 0 Å². The Balaban J connectivity index is 1.80. The molecule has 0 aromatic heterocycles. The number of hydrogen-bond acceptors (Lipinski definition) is 3. The molecule has 0 aromatic rings. The maximum Gasteiger partial charge on any atom is 0.238 e. The molecule has 1 atom stereocenters. The van der Waals surface area contributed by atoms with Crippen LogP contribution in [0.5, 0.6) is 0 Å². The number of ether oxygens (including phenoxy) is 1. The normalized spacial score (nSPS) is 29.8. The first-order chi connectivity index (χ1) is 8.65. The van der Waals surface area contributed by atoms with Gasteiger partial charge in [-0.2, -0.15) is 0 Å². The molecule has 5 heteroatoms. The van der Waals surface area contributed by atoms with Gasteiger partial charge in [0.05, 0.1) is 17.5 Å². The minimum absolute atomic E-state index is 0.149. The molecule has 3 nitrogen and oxygen atoms in total. The molecular formula is C13H22BrNO2S. The quantitative estimate of drug-likeness (QED) is 0.740. The monoisotopic (exact) mass is 335 g/mol. The lowest BCUT2D eigenvalue weighted by Crippen LogP contribution is -2.48. The minimum Gasteiger partial charge on any atom is -0.377 e. The number of nitrogens with zero attached hydrogens (tertiary/aromatic N) is 1. The molecule has 0 aromatic carbocycles. The van der Waals surface area contributed by atoms with E-state index in [4.69, 9.17) is 4.74 Å². The first-order valence-corrected chi connectivity index (χ1v) is 8.87. The SMILES string of the molecule is CC1(C(=O)N2CCC(OCCBr)CC2)CCCS1. The van der Waals surface area contributed by atoms with Gasteiger partial charge in [-0.05, 0) is 38.4 Å². The molecule has 18 heavy (non-hydrogen) atoms. The van der Waals surface area contributed by atoms with Gasteiger partial charge in [-0.1, -0.05) is 15.9 Å². The maximum atomic E-state index is 12.5. The van der Waals surface area contributed by atoms with E-state index in [1.807, 2.05) is 16.7 Å². The van der Waals surface area contributed by atoms with E-state index in [0.29, 0.717) is 12.0 Å². The minimum atomic E-state index is -0.149. The van der Waals surface area contributed by atoms with E-state index in [0.717, 1.165) is 50.0 Å². The van der Waals surface area contributed by atoms with Crippen molar-refractivity contribution in [2.75, 3.05) is 30.8 Å². The zero-order valence-electron chi connectivity index (χ0n) is 11.0. The Morgan fingerprint density at radius 1 is 1.50 bits per heavy atom. The van der Waals surface area contributed by atoms with Crippen LogP contribution in [0.25, 0.3) is 0 Å². The fourth-order valence-corrected chi connectivity index (χ4v) is 4.19. The maximum absolute atomic E-state index is 12.5. The van der Waals surface area contributed by atoms with Crippen molar-refractivity contribution in [2.45, 2.75) is 43.5 Å². The molecule has 0 radical (unpaired) electrons. The zero-order chi connectivity index (χ0) is 13.0. The van der Waals surface area contributed by atoms with Crippen LogP contribution in [0.3, 0.4) is 0 Å². The van der Waals surface area contributed by atoms with Crippen molar-refractivity contribution in [3.8, 4) is 0 Å². The van der Waals surface area contributed by atoms with Crippen LogP contribution in [0, 0.1) is 0 Å². The van der Waals surface area contributed by atoms with Gasteiger partial charge in [0.15, 0.2) is 0 Å². The molecule has 1 unspecified atom stereocenters. The molecular weight excluding hydrogens is 314 g/mol. The molecule has 1 amide bonds. The summed E-state index contributed by atoms with van der Waals surface area (Å²) in [5, 5.41) is 0.890. The summed E-state index contributed by atoms with van der Waals surface area (Å²) in [6.45, 7) is 4.61. The van der Waals surface area contributed by atoms with Crippen LogP contribution in [0.2, 0.25) is 0 Å². The predicted octanol–water partition coefficient (Wildman–Crippen LogP) is 2.67. The summed E-state index contributed by atoms with van der Waals surface area (Å²) >= 11 is 5.20. The number of rotatable bonds is 4. The highest BCUT2D eigenvalue weighted by Gasteiger charge is 2.40. The predicted molar refractivity (Wildman–Crippen MR) is 79.4 cm³/mol. The average Bonchev–Trinajstić information content (AvgIpc) is 2.84. The first-order valence-electron chi connectivity index (χ1n) is 6.76. The third kappa shape index (κ3) is 3.42. The largest absolute Gasteiger partial charge is 0.377 e. The third-order valence-electron chi connectivity index (χ3n) is 3.83. The lowest BCUT2D eigenvalue weighted by Gasteiger charge is -2.36. The van der Waals surface area contributed by atoms with Crippen molar-refractivity contribution in [3.05, 3.63) is 0 Å². The van der Waals surface area contributed by atoms with E-state index in [1.165, 1.54) is 6.42 Å². The average molecular weight is 336 g/mol. The Morgan fingerprint density at radius 2 is 2.22 bits per heavy atom. The van der Waals surface area contributed by atoms with Crippen LogP contribution in [-0.2, 0) is 9.53 Å². The van der Waals surface area contributed by atoms with Crippen molar-refractivity contribution in [1.29, 1.82) is 0 Å². The molecule has 0 bridgehead atoms. The van der Waals surface area contributed by atoms with E-state index in [1.54, 1.807) is 0 Å². The second kappa shape index (κ2) is 6.62. The number of amides is 1. The van der Waals surface area contributed by atoms with Gasteiger partial charge in [-0.15, -0.1) is 11.8 Å². The highest BCUT2D eigenvalue weighted by Crippen LogP contribution is 2.39. The fourth-order valence-electron chi connectivity index (χ4n) is 2.72. The summed E-state index contributed by atoms with van der Waals surface area (Å²) in [6.07, 6.45) is 4.53. The number of carbonyl (C=O) groups excluding carboxylic acids is 1. The standard InChI is InChI=1S/C13H22BrNO2S/c1-13(5-2-10-18-13)12(16)15-7-3-11(4-8-15)17-9-6-14/h11H,2-10H2,1H3. The lowest BCUT2D eigenvalue weighted by atomic mass is 10.0. The van der Waals surface area contributed by atoms with Gasteiger partial charge in [0.2, 0.25) is 5.91 Å². The van der Waals surface area contributed by atoms with Gasteiger partial charge < -0.3 is 9.64 Å². The van der Waals surface area contributed by atoms with Crippen molar-refractivity contribution in [1.82, 2.24) is 4.90 Å². The lowest BCUT2D eigenvalue weighted by molar-refractivity contribution is -0.136. The Hall–Kier alpha value is 0.260. The van der Waals surface area contributed by atoms with Crippen LogP contribution in [0.15, 0.2) is 0 Å². The van der Waals surface area contributed by atoms with E-state index in [2.05, 4.69) is 22.9 Å².